The number of hydrogen-bond donors (Lipinski definition) is 1. The zero-order chi connectivity index (χ0) is 24.3. The Morgan fingerprint density at radius 3 is 2.55 bits per heavy atom. The number of carbonyl (C=O) groups is 2. The van der Waals surface area contributed by atoms with Gasteiger partial charge in [0.1, 0.15) is 11.9 Å². The summed E-state index contributed by atoms with van der Waals surface area (Å²) in [5.41, 5.74) is 1.85. The van der Waals surface area contributed by atoms with Crippen LogP contribution >= 0.6 is 23.2 Å². The summed E-state index contributed by atoms with van der Waals surface area (Å²) in [6, 6.07) is 10.2. The van der Waals surface area contributed by atoms with Gasteiger partial charge in [-0.05, 0) is 62.1 Å². The normalized spacial score (nSPS) is 20.1. The number of ether oxygens (including phenoxy) is 2. The van der Waals surface area contributed by atoms with E-state index in [1.807, 2.05) is 13.0 Å². The number of aryl methyl sites for hydroxylation is 1. The average Bonchev–Trinajstić information content (AvgIpc) is 3.08. The Kier molecular flexibility index (Phi) is 7.83. The van der Waals surface area contributed by atoms with E-state index >= 15 is 0 Å². The van der Waals surface area contributed by atoms with Gasteiger partial charge in [0.2, 0.25) is 0 Å². The van der Waals surface area contributed by atoms with Gasteiger partial charge in [-0.2, -0.15) is 0 Å². The lowest BCUT2D eigenvalue weighted by Gasteiger charge is -2.26. The van der Waals surface area contributed by atoms with Crippen molar-refractivity contribution in [3.05, 3.63) is 63.1 Å². The molecule has 2 unspecified atom stereocenters. The fourth-order valence-corrected chi connectivity index (χ4v) is 4.48. The number of aliphatic imine (C=N–C) groups is 1. The molecule has 2 aromatic carbocycles. The van der Waals surface area contributed by atoms with Crippen LogP contribution in [0.5, 0.6) is 5.75 Å². The minimum Gasteiger partial charge on any atom is -0.482 e. The average molecular weight is 492 g/mol. The molecule has 0 fully saturated rings. The topological polar surface area (TPSA) is 85.2 Å². The first-order valence-corrected chi connectivity index (χ1v) is 11.5. The molecule has 1 heterocycles. The van der Waals surface area contributed by atoms with Gasteiger partial charge in [0.25, 0.3) is 0 Å². The quantitative estimate of drug-likeness (QED) is 0.428. The first-order valence-electron chi connectivity index (χ1n) is 10.7. The van der Waals surface area contributed by atoms with Gasteiger partial charge in [-0.25, -0.2) is 4.79 Å². The van der Waals surface area contributed by atoms with E-state index in [9.17, 15) is 9.59 Å². The van der Waals surface area contributed by atoms with Crippen LogP contribution < -0.4 is 4.74 Å². The summed E-state index contributed by atoms with van der Waals surface area (Å²) >= 11 is 12.5. The first kappa shape index (κ1) is 25.2. The largest absolute Gasteiger partial charge is 0.482 e. The SMILES string of the molecule is Cc1cc(C(=O)CCC2=NC(C)(c3ccc(Cl)cc3Cl)OC2C(C)C)ccc1OCC(=O)O. The van der Waals surface area contributed by atoms with E-state index in [1.165, 1.54) is 0 Å². The Balaban J connectivity index is 1.75. The zero-order valence-electron chi connectivity index (χ0n) is 19.0. The van der Waals surface area contributed by atoms with E-state index in [1.54, 1.807) is 37.3 Å². The lowest BCUT2D eigenvalue weighted by molar-refractivity contribution is -0.139. The molecule has 0 amide bonds. The summed E-state index contributed by atoms with van der Waals surface area (Å²) in [5.74, 6) is -0.482. The summed E-state index contributed by atoms with van der Waals surface area (Å²) in [6.07, 6.45) is 0.492. The summed E-state index contributed by atoms with van der Waals surface area (Å²) in [7, 11) is 0. The van der Waals surface area contributed by atoms with Gasteiger partial charge in [-0.3, -0.25) is 9.79 Å². The Labute approximate surface area is 203 Å². The number of benzene rings is 2. The molecule has 0 aliphatic carbocycles. The van der Waals surface area contributed by atoms with E-state index in [0.717, 1.165) is 11.3 Å². The Bertz CT molecular complexity index is 1100. The van der Waals surface area contributed by atoms with Gasteiger partial charge in [0, 0.05) is 28.3 Å². The molecule has 0 spiro atoms. The Hall–Kier alpha value is -2.41. The number of rotatable bonds is 9. The maximum absolute atomic E-state index is 12.9. The molecule has 0 radical (unpaired) electrons. The number of carboxylic acid groups (broad SMARTS) is 1. The van der Waals surface area contributed by atoms with Crippen LogP contribution in [0.3, 0.4) is 0 Å². The number of nitrogens with zero attached hydrogens (tertiary/aromatic N) is 1. The predicted molar refractivity (Wildman–Crippen MR) is 129 cm³/mol. The van der Waals surface area contributed by atoms with Crippen LogP contribution in [0.4, 0.5) is 0 Å². The van der Waals surface area contributed by atoms with Gasteiger partial charge in [-0.1, -0.05) is 43.1 Å². The van der Waals surface area contributed by atoms with Crippen molar-refractivity contribution in [1.29, 1.82) is 0 Å². The summed E-state index contributed by atoms with van der Waals surface area (Å²) in [4.78, 5) is 28.4. The molecular weight excluding hydrogens is 465 g/mol. The number of carbonyl (C=O) groups excluding carboxylic acids is 1. The summed E-state index contributed by atoms with van der Waals surface area (Å²) in [5, 5.41) is 9.78. The van der Waals surface area contributed by atoms with Crippen LogP contribution in [0.25, 0.3) is 0 Å². The molecule has 176 valence electrons. The molecule has 0 bridgehead atoms. The highest BCUT2D eigenvalue weighted by Gasteiger charge is 2.41. The van der Waals surface area contributed by atoms with Crippen molar-refractivity contribution in [3.63, 3.8) is 0 Å². The van der Waals surface area contributed by atoms with Crippen molar-refractivity contribution in [3.8, 4) is 5.75 Å². The fraction of sp³-hybridized carbons (Fsp3) is 0.400. The maximum Gasteiger partial charge on any atom is 0.341 e. The molecule has 0 saturated heterocycles. The zero-order valence-corrected chi connectivity index (χ0v) is 20.5. The molecule has 8 heteroatoms. The lowest BCUT2D eigenvalue weighted by Crippen LogP contribution is -2.29. The van der Waals surface area contributed by atoms with E-state index in [4.69, 9.17) is 42.8 Å². The molecule has 2 atom stereocenters. The molecule has 1 aliphatic rings. The van der Waals surface area contributed by atoms with Crippen molar-refractivity contribution in [2.45, 2.75) is 52.4 Å². The molecule has 2 aromatic rings. The van der Waals surface area contributed by atoms with Crippen molar-refractivity contribution in [2.24, 2.45) is 10.9 Å². The smallest absolute Gasteiger partial charge is 0.341 e. The summed E-state index contributed by atoms with van der Waals surface area (Å²) < 4.78 is 11.6. The molecule has 0 aromatic heterocycles. The number of aliphatic carboxylic acids is 1. The standard InChI is InChI=1S/C25H27Cl2NO5/c1-14(2)24-20(28-25(4,33-24)18-7-6-17(26)12-19(18)27)8-9-21(29)16-5-10-22(15(3)11-16)32-13-23(30)31/h5-7,10-12,14,24H,8-9,13H2,1-4H3,(H,30,31). The molecule has 1 N–H and O–H groups in total. The highest BCUT2D eigenvalue weighted by molar-refractivity contribution is 6.35. The van der Waals surface area contributed by atoms with E-state index in [2.05, 4.69) is 13.8 Å². The summed E-state index contributed by atoms with van der Waals surface area (Å²) in [6.45, 7) is 7.32. The van der Waals surface area contributed by atoms with Crippen LogP contribution in [-0.4, -0.2) is 35.3 Å². The number of halogens is 2. The second kappa shape index (κ2) is 10.2. The monoisotopic (exact) mass is 491 g/mol. The van der Waals surface area contributed by atoms with Crippen LogP contribution in [-0.2, 0) is 15.3 Å². The predicted octanol–water partition coefficient (Wildman–Crippen LogP) is 6.10. The van der Waals surface area contributed by atoms with Crippen LogP contribution in [0, 0.1) is 12.8 Å². The second-order valence-corrected chi connectivity index (χ2v) is 9.42. The highest BCUT2D eigenvalue weighted by atomic mass is 35.5. The van der Waals surface area contributed by atoms with Crippen LogP contribution in [0.1, 0.15) is 55.1 Å². The minimum absolute atomic E-state index is 0.0359. The van der Waals surface area contributed by atoms with Gasteiger partial charge >= 0.3 is 5.97 Å². The third-order valence-corrected chi connectivity index (χ3v) is 6.08. The molecule has 3 rings (SSSR count). The highest BCUT2D eigenvalue weighted by Crippen LogP contribution is 2.41. The number of hydrogen-bond acceptors (Lipinski definition) is 5. The van der Waals surface area contributed by atoms with Crippen molar-refractivity contribution >= 4 is 40.7 Å². The molecule has 0 saturated carbocycles. The van der Waals surface area contributed by atoms with Gasteiger partial charge in [0.15, 0.2) is 18.1 Å². The van der Waals surface area contributed by atoms with Crippen molar-refractivity contribution in [2.75, 3.05) is 6.61 Å². The molecular formula is C25H27Cl2NO5. The molecule has 6 nitrogen and oxygen atoms in total. The van der Waals surface area contributed by atoms with Gasteiger partial charge in [-0.15, -0.1) is 0 Å². The van der Waals surface area contributed by atoms with Gasteiger partial charge in [0.05, 0.1) is 5.02 Å². The fourth-order valence-electron chi connectivity index (χ4n) is 3.90. The number of carboxylic acids is 1. The molecule has 33 heavy (non-hydrogen) atoms. The van der Waals surface area contributed by atoms with Crippen LogP contribution in [0.2, 0.25) is 10.0 Å². The third-order valence-electron chi connectivity index (χ3n) is 5.53. The van der Waals surface area contributed by atoms with Crippen LogP contribution in [0.15, 0.2) is 41.4 Å². The van der Waals surface area contributed by atoms with E-state index in [0.29, 0.717) is 33.3 Å². The first-order chi connectivity index (χ1) is 15.5. The molecule has 1 aliphatic heterocycles. The maximum atomic E-state index is 12.9. The second-order valence-electron chi connectivity index (χ2n) is 8.58. The Morgan fingerprint density at radius 1 is 1.21 bits per heavy atom. The van der Waals surface area contributed by atoms with E-state index < -0.39 is 18.3 Å². The van der Waals surface area contributed by atoms with E-state index in [-0.39, 0.29) is 24.2 Å². The number of ketones is 1. The van der Waals surface area contributed by atoms with Gasteiger partial charge < -0.3 is 14.6 Å². The lowest BCUT2D eigenvalue weighted by atomic mass is 9.96. The van der Waals surface area contributed by atoms with Crippen molar-refractivity contribution < 1.29 is 24.2 Å². The Morgan fingerprint density at radius 2 is 1.94 bits per heavy atom. The number of Topliss-reactive ketones (excluding diaryl/α,β-unsaturated/α-hetero) is 1. The minimum atomic E-state index is -1.05. The van der Waals surface area contributed by atoms with Crippen molar-refractivity contribution in [1.82, 2.24) is 0 Å². The third kappa shape index (κ3) is 5.94.